The third kappa shape index (κ3) is 4.92. The zero-order valence-corrected chi connectivity index (χ0v) is 19.3. The van der Waals surface area contributed by atoms with Gasteiger partial charge in [0.15, 0.2) is 0 Å². The van der Waals surface area contributed by atoms with Crippen LogP contribution in [0.4, 0.5) is 11.4 Å². The highest BCUT2D eigenvalue weighted by Crippen LogP contribution is 2.26. The van der Waals surface area contributed by atoms with E-state index in [9.17, 15) is 13.2 Å². The van der Waals surface area contributed by atoms with Gasteiger partial charge in [0.1, 0.15) is 0 Å². The van der Waals surface area contributed by atoms with Crippen LogP contribution >= 0.6 is 11.6 Å². The molecule has 0 unspecified atom stereocenters. The largest absolute Gasteiger partial charge is 0.321 e. The van der Waals surface area contributed by atoms with Crippen molar-refractivity contribution in [3.8, 4) is 0 Å². The van der Waals surface area contributed by atoms with E-state index in [-0.39, 0.29) is 10.8 Å². The summed E-state index contributed by atoms with van der Waals surface area (Å²) in [6, 6.07) is 18.5. The lowest BCUT2D eigenvalue weighted by Crippen LogP contribution is -2.26. The molecule has 0 aliphatic rings. The van der Waals surface area contributed by atoms with Crippen LogP contribution < -0.4 is 9.62 Å². The van der Waals surface area contributed by atoms with Crippen molar-refractivity contribution in [2.45, 2.75) is 31.6 Å². The van der Waals surface area contributed by atoms with Crippen LogP contribution in [0.15, 0.2) is 71.6 Å². The monoisotopic (exact) mass is 456 g/mol. The number of hydrogen-bond acceptors (Lipinski definition) is 3. The molecular weight excluding hydrogens is 432 g/mol. The van der Waals surface area contributed by atoms with Crippen LogP contribution in [0, 0.1) is 0 Å². The number of nitrogens with one attached hydrogen (secondary N) is 1. The molecular formula is C24H25ClN2O3S. The van der Waals surface area contributed by atoms with Gasteiger partial charge in [0, 0.05) is 23.3 Å². The van der Waals surface area contributed by atoms with Gasteiger partial charge in [-0.25, -0.2) is 8.42 Å². The molecule has 0 spiro atoms. The zero-order valence-electron chi connectivity index (χ0n) is 17.7. The SMILES string of the molecule is CCc1cccc(CC)c1NC(=O)c1ccc(N(C)S(=O)(=O)c2ccc(Cl)cc2)cc1. The summed E-state index contributed by atoms with van der Waals surface area (Å²) in [6.07, 6.45) is 1.63. The first-order chi connectivity index (χ1) is 14.8. The molecule has 1 N–H and O–H groups in total. The minimum absolute atomic E-state index is 0.143. The van der Waals surface area contributed by atoms with Gasteiger partial charge in [-0.15, -0.1) is 0 Å². The van der Waals surface area contributed by atoms with Crippen molar-refractivity contribution in [2.75, 3.05) is 16.7 Å². The molecule has 3 aromatic rings. The molecule has 1 amide bonds. The van der Waals surface area contributed by atoms with Crippen LogP contribution in [0.5, 0.6) is 0 Å². The third-order valence-corrected chi connectivity index (χ3v) is 7.25. The number of halogens is 1. The zero-order chi connectivity index (χ0) is 22.6. The number of aryl methyl sites for hydroxylation is 2. The van der Waals surface area contributed by atoms with Gasteiger partial charge in [0.2, 0.25) is 0 Å². The minimum atomic E-state index is -3.73. The van der Waals surface area contributed by atoms with E-state index in [4.69, 9.17) is 11.6 Å². The predicted octanol–water partition coefficient (Wildman–Crippen LogP) is 5.54. The van der Waals surface area contributed by atoms with E-state index >= 15 is 0 Å². The van der Waals surface area contributed by atoms with Crippen LogP contribution in [0.1, 0.15) is 35.3 Å². The number of para-hydroxylation sites is 1. The Morgan fingerprint density at radius 2 is 1.45 bits per heavy atom. The van der Waals surface area contributed by atoms with E-state index in [1.54, 1.807) is 24.3 Å². The van der Waals surface area contributed by atoms with Crippen LogP contribution in [0.3, 0.4) is 0 Å². The smallest absolute Gasteiger partial charge is 0.264 e. The van der Waals surface area contributed by atoms with E-state index in [1.165, 1.54) is 35.6 Å². The number of benzene rings is 3. The van der Waals surface area contributed by atoms with Gasteiger partial charge in [0.05, 0.1) is 10.6 Å². The van der Waals surface area contributed by atoms with E-state index in [1.807, 2.05) is 18.2 Å². The fourth-order valence-electron chi connectivity index (χ4n) is 3.32. The number of carbonyl (C=O) groups excluding carboxylic acids is 1. The molecule has 162 valence electrons. The molecule has 0 saturated heterocycles. The number of carbonyl (C=O) groups is 1. The highest BCUT2D eigenvalue weighted by molar-refractivity contribution is 7.92. The summed E-state index contributed by atoms with van der Waals surface area (Å²) in [5.41, 5.74) is 3.92. The minimum Gasteiger partial charge on any atom is -0.321 e. The van der Waals surface area contributed by atoms with Gasteiger partial charge in [-0.2, -0.15) is 0 Å². The molecule has 0 radical (unpaired) electrons. The number of nitrogens with zero attached hydrogens (tertiary/aromatic N) is 1. The van der Waals surface area contributed by atoms with Gasteiger partial charge in [-0.1, -0.05) is 43.6 Å². The number of anilines is 2. The lowest BCUT2D eigenvalue weighted by Gasteiger charge is -2.20. The van der Waals surface area contributed by atoms with Crippen molar-refractivity contribution < 1.29 is 13.2 Å². The average molecular weight is 457 g/mol. The maximum absolute atomic E-state index is 12.8. The summed E-state index contributed by atoms with van der Waals surface area (Å²) in [5.74, 6) is -0.231. The van der Waals surface area contributed by atoms with Gasteiger partial charge >= 0.3 is 0 Å². The summed E-state index contributed by atoms with van der Waals surface area (Å²) in [4.78, 5) is 13.0. The third-order valence-electron chi connectivity index (χ3n) is 5.20. The quantitative estimate of drug-likeness (QED) is 0.507. The molecule has 7 heteroatoms. The van der Waals surface area contributed by atoms with Gasteiger partial charge in [-0.3, -0.25) is 9.10 Å². The van der Waals surface area contributed by atoms with E-state index in [0.717, 1.165) is 29.7 Å². The molecule has 0 aromatic heterocycles. The van der Waals surface area contributed by atoms with Crippen molar-refractivity contribution in [3.63, 3.8) is 0 Å². The molecule has 0 atom stereocenters. The average Bonchev–Trinajstić information content (AvgIpc) is 2.79. The van der Waals surface area contributed by atoms with Crippen LogP contribution in [-0.4, -0.2) is 21.4 Å². The van der Waals surface area contributed by atoms with Crippen molar-refractivity contribution in [2.24, 2.45) is 0 Å². The van der Waals surface area contributed by atoms with Crippen molar-refractivity contribution >= 4 is 38.9 Å². The van der Waals surface area contributed by atoms with Crippen LogP contribution in [-0.2, 0) is 22.9 Å². The Kier molecular flexibility index (Phi) is 7.03. The Hall–Kier alpha value is -2.83. The maximum Gasteiger partial charge on any atom is 0.264 e. The fraction of sp³-hybridized carbons (Fsp3) is 0.208. The first-order valence-corrected chi connectivity index (χ1v) is 11.9. The van der Waals surface area contributed by atoms with E-state index in [0.29, 0.717) is 16.3 Å². The molecule has 0 fully saturated rings. The highest BCUT2D eigenvalue weighted by atomic mass is 35.5. The first kappa shape index (κ1) is 22.8. The van der Waals surface area contributed by atoms with E-state index in [2.05, 4.69) is 19.2 Å². The van der Waals surface area contributed by atoms with Gasteiger partial charge in [0.25, 0.3) is 15.9 Å². The molecule has 0 aliphatic heterocycles. The van der Waals surface area contributed by atoms with Crippen molar-refractivity contribution in [1.82, 2.24) is 0 Å². The Labute approximate surface area is 188 Å². The second kappa shape index (κ2) is 9.54. The Morgan fingerprint density at radius 3 is 1.97 bits per heavy atom. The molecule has 0 saturated carbocycles. The Bertz CT molecular complexity index is 1150. The van der Waals surface area contributed by atoms with Gasteiger partial charge in [-0.05, 0) is 72.5 Å². The molecule has 3 rings (SSSR count). The lowest BCUT2D eigenvalue weighted by molar-refractivity contribution is 0.102. The normalized spacial score (nSPS) is 11.2. The summed E-state index contributed by atoms with van der Waals surface area (Å²) < 4.78 is 26.9. The molecule has 31 heavy (non-hydrogen) atoms. The highest BCUT2D eigenvalue weighted by Gasteiger charge is 2.21. The molecule has 0 heterocycles. The lowest BCUT2D eigenvalue weighted by atomic mass is 10.0. The standard InChI is InChI=1S/C24H25ClN2O3S/c1-4-17-7-6-8-18(5-2)23(17)26-24(28)19-9-13-21(14-10-19)27(3)31(29,30)22-15-11-20(25)12-16-22/h6-16H,4-5H2,1-3H3,(H,26,28). The summed E-state index contributed by atoms with van der Waals surface area (Å²) in [7, 11) is -2.26. The maximum atomic E-state index is 12.8. The number of rotatable bonds is 7. The topological polar surface area (TPSA) is 66.5 Å². The number of hydrogen-bond donors (Lipinski definition) is 1. The molecule has 0 aliphatic carbocycles. The van der Waals surface area contributed by atoms with Crippen LogP contribution in [0.2, 0.25) is 5.02 Å². The fourth-order valence-corrected chi connectivity index (χ4v) is 4.64. The summed E-state index contributed by atoms with van der Waals surface area (Å²) >= 11 is 5.86. The molecule has 5 nitrogen and oxygen atoms in total. The Balaban J connectivity index is 1.82. The van der Waals surface area contributed by atoms with Crippen LogP contribution in [0.25, 0.3) is 0 Å². The van der Waals surface area contributed by atoms with Gasteiger partial charge < -0.3 is 5.32 Å². The van der Waals surface area contributed by atoms with Crippen molar-refractivity contribution in [1.29, 1.82) is 0 Å². The van der Waals surface area contributed by atoms with E-state index < -0.39 is 10.0 Å². The number of sulfonamides is 1. The molecule has 0 bridgehead atoms. The molecule has 3 aromatic carbocycles. The number of amides is 1. The first-order valence-electron chi connectivity index (χ1n) is 10.0. The summed E-state index contributed by atoms with van der Waals surface area (Å²) in [5, 5.41) is 3.49. The predicted molar refractivity (Wildman–Crippen MR) is 127 cm³/mol. The Morgan fingerprint density at radius 1 is 0.903 bits per heavy atom. The second-order valence-corrected chi connectivity index (χ2v) is 9.49. The van der Waals surface area contributed by atoms with Crippen molar-refractivity contribution in [3.05, 3.63) is 88.4 Å². The summed E-state index contributed by atoms with van der Waals surface area (Å²) in [6.45, 7) is 4.10. The second-order valence-electron chi connectivity index (χ2n) is 7.09.